The van der Waals surface area contributed by atoms with E-state index in [0.717, 1.165) is 33.4 Å². The Labute approximate surface area is 195 Å². The number of hydrogen-bond acceptors (Lipinski definition) is 4. The van der Waals surface area contributed by atoms with Crippen molar-refractivity contribution in [2.75, 3.05) is 5.32 Å². The summed E-state index contributed by atoms with van der Waals surface area (Å²) < 4.78 is 16.8. The number of para-hydroxylation sites is 1. The normalized spacial score (nSPS) is 11.4. The molecule has 7 nitrogen and oxygen atoms in total. The molecule has 0 saturated heterocycles. The SMILES string of the molecule is Cn1ncc(C=CC(=O)Nc2ccc(Cn3nnc4ccccc43)cc2)c1-c1ccc(F)cc1. The van der Waals surface area contributed by atoms with Crippen LogP contribution in [0.1, 0.15) is 11.1 Å². The van der Waals surface area contributed by atoms with Gasteiger partial charge in [-0.1, -0.05) is 29.5 Å². The van der Waals surface area contributed by atoms with Crippen LogP contribution in [0.2, 0.25) is 0 Å². The predicted molar refractivity (Wildman–Crippen MR) is 129 cm³/mol. The zero-order chi connectivity index (χ0) is 23.5. The lowest BCUT2D eigenvalue weighted by atomic mass is 10.1. The molecule has 0 radical (unpaired) electrons. The van der Waals surface area contributed by atoms with E-state index in [1.165, 1.54) is 18.2 Å². The number of fused-ring (bicyclic) bond motifs is 1. The van der Waals surface area contributed by atoms with E-state index in [1.807, 2.05) is 53.2 Å². The highest BCUT2D eigenvalue weighted by Crippen LogP contribution is 2.24. The summed E-state index contributed by atoms with van der Waals surface area (Å²) in [5, 5.41) is 15.5. The summed E-state index contributed by atoms with van der Waals surface area (Å²) in [7, 11) is 1.81. The Balaban J connectivity index is 1.25. The Morgan fingerprint density at radius 1 is 1.03 bits per heavy atom. The number of halogens is 1. The molecule has 0 bridgehead atoms. The van der Waals surface area contributed by atoms with Crippen molar-refractivity contribution in [1.82, 2.24) is 24.8 Å². The summed E-state index contributed by atoms with van der Waals surface area (Å²) in [5.74, 6) is -0.563. The van der Waals surface area contributed by atoms with E-state index in [-0.39, 0.29) is 11.7 Å². The molecule has 0 fully saturated rings. The van der Waals surface area contributed by atoms with Gasteiger partial charge in [-0.15, -0.1) is 5.10 Å². The Morgan fingerprint density at radius 3 is 2.59 bits per heavy atom. The standard InChI is InChI=1S/C26H21FN6O/c1-32-26(19-8-11-21(27)12-9-19)20(16-28-32)10-15-25(34)29-22-13-6-18(7-14-22)17-33-24-5-3-2-4-23(24)30-31-33/h2-16H,17H2,1H3,(H,29,34). The zero-order valence-corrected chi connectivity index (χ0v) is 18.4. The lowest BCUT2D eigenvalue weighted by Crippen LogP contribution is -2.08. The number of carbonyl (C=O) groups is 1. The van der Waals surface area contributed by atoms with Crippen LogP contribution in [0.25, 0.3) is 28.4 Å². The Hall–Kier alpha value is -4.59. The van der Waals surface area contributed by atoms with Crippen LogP contribution in [0.3, 0.4) is 0 Å². The van der Waals surface area contributed by atoms with Gasteiger partial charge in [0.25, 0.3) is 0 Å². The average Bonchev–Trinajstić information content (AvgIpc) is 3.43. The molecule has 1 amide bonds. The molecule has 5 rings (SSSR count). The molecule has 3 aromatic carbocycles. The third-order valence-electron chi connectivity index (χ3n) is 5.47. The first-order valence-corrected chi connectivity index (χ1v) is 10.7. The molecule has 168 valence electrons. The molecular weight excluding hydrogens is 431 g/mol. The van der Waals surface area contributed by atoms with E-state index in [4.69, 9.17) is 0 Å². The molecule has 2 heterocycles. The molecule has 0 atom stereocenters. The zero-order valence-electron chi connectivity index (χ0n) is 18.4. The van der Waals surface area contributed by atoms with Gasteiger partial charge in [0.2, 0.25) is 5.91 Å². The van der Waals surface area contributed by atoms with Crippen molar-refractivity contribution in [3.63, 3.8) is 0 Å². The van der Waals surface area contributed by atoms with Gasteiger partial charge in [-0.05, 0) is 60.2 Å². The maximum Gasteiger partial charge on any atom is 0.248 e. The van der Waals surface area contributed by atoms with Gasteiger partial charge in [0, 0.05) is 29.9 Å². The molecule has 0 aliphatic rings. The Kier molecular flexibility index (Phi) is 5.70. The highest BCUT2D eigenvalue weighted by atomic mass is 19.1. The van der Waals surface area contributed by atoms with E-state index < -0.39 is 0 Å². The fraction of sp³-hybridized carbons (Fsp3) is 0.0769. The van der Waals surface area contributed by atoms with Crippen LogP contribution in [-0.4, -0.2) is 30.7 Å². The van der Waals surface area contributed by atoms with Crippen molar-refractivity contribution in [1.29, 1.82) is 0 Å². The summed E-state index contributed by atoms with van der Waals surface area (Å²) >= 11 is 0. The molecule has 8 heteroatoms. The third kappa shape index (κ3) is 4.47. The number of benzene rings is 3. The second kappa shape index (κ2) is 9.11. The number of carbonyl (C=O) groups excluding carboxylic acids is 1. The lowest BCUT2D eigenvalue weighted by Gasteiger charge is -2.06. The summed E-state index contributed by atoms with van der Waals surface area (Å²) in [6.45, 7) is 0.585. The fourth-order valence-corrected chi connectivity index (χ4v) is 3.79. The van der Waals surface area contributed by atoms with Gasteiger partial charge in [0.1, 0.15) is 11.3 Å². The van der Waals surface area contributed by atoms with E-state index in [0.29, 0.717) is 12.2 Å². The minimum absolute atomic E-state index is 0.260. The molecule has 0 aliphatic carbocycles. The molecule has 34 heavy (non-hydrogen) atoms. The molecule has 5 aromatic rings. The van der Waals surface area contributed by atoms with Crippen molar-refractivity contribution in [3.05, 3.63) is 102 Å². The Bertz CT molecular complexity index is 1480. The third-order valence-corrected chi connectivity index (χ3v) is 5.47. The van der Waals surface area contributed by atoms with Crippen molar-refractivity contribution in [2.24, 2.45) is 7.05 Å². The highest BCUT2D eigenvalue weighted by Gasteiger charge is 2.10. The molecule has 2 aromatic heterocycles. The maximum absolute atomic E-state index is 13.3. The predicted octanol–water partition coefficient (Wildman–Crippen LogP) is 4.67. The molecular formula is C26H21FN6O. The van der Waals surface area contributed by atoms with E-state index in [9.17, 15) is 9.18 Å². The second-order valence-electron chi connectivity index (χ2n) is 7.83. The number of hydrogen-bond donors (Lipinski definition) is 1. The average molecular weight is 452 g/mol. The smallest absolute Gasteiger partial charge is 0.248 e. The number of aryl methyl sites for hydroxylation is 1. The summed E-state index contributed by atoms with van der Waals surface area (Å²) in [4.78, 5) is 12.5. The molecule has 0 unspecified atom stereocenters. The topological polar surface area (TPSA) is 77.6 Å². The van der Waals surface area contributed by atoms with Gasteiger partial charge in [0.15, 0.2) is 0 Å². The fourth-order valence-electron chi connectivity index (χ4n) is 3.79. The van der Waals surface area contributed by atoms with Crippen LogP contribution in [0.15, 0.2) is 85.1 Å². The van der Waals surface area contributed by atoms with Gasteiger partial charge in [-0.3, -0.25) is 9.48 Å². The number of amides is 1. The van der Waals surface area contributed by atoms with E-state index >= 15 is 0 Å². The van der Waals surface area contributed by atoms with Crippen molar-refractivity contribution >= 4 is 28.7 Å². The minimum Gasteiger partial charge on any atom is -0.323 e. The van der Waals surface area contributed by atoms with Crippen LogP contribution < -0.4 is 5.32 Å². The highest BCUT2D eigenvalue weighted by molar-refractivity contribution is 6.02. The van der Waals surface area contributed by atoms with Gasteiger partial charge in [0.05, 0.1) is 24.0 Å². The number of nitrogens with one attached hydrogen (secondary N) is 1. The number of aromatic nitrogens is 5. The van der Waals surface area contributed by atoms with Gasteiger partial charge in [-0.2, -0.15) is 5.10 Å². The summed E-state index contributed by atoms with van der Waals surface area (Å²) in [6.07, 6.45) is 4.83. The van der Waals surface area contributed by atoms with Gasteiger partial charge >= 0.3 is 0 Å². The first-order chi connectivity index (χ1) is 16.6. The van der Waals surface area contributed by atoms with Crippen molar-refractivity contribution in [3.8, 4) is 11.3 Å². The number of nitrogens with zero attached hydrogens (tertiary/aromatic N) is 5. The maximum atomic E-state index is 13.3. The molecule has 1 N–H and O–H groups in total. The van der Waals surface area contributed by atoms with Crippen LogP contribution in [-0.2, 0) is 18.4 Å². The monoisotopic (exact) mass is 452 g/mol. The lowest BCUT2D eigenvalue weighted by molar-refractivity contribution is -0.111. The van der Waals surface area contributed by atoms with Crippen LogP contribution in [0.4, 0.5) is 10.1 Å². The largest absolute Gasteiger partial charge is 0.323 e. The summed E-state index contributed by atoms with van der Waals surface area (Å²) in [6, 6.07) is 21.6. The van der Waals surface area contributed by atoms with E-state index in [1.54, 1.807) is 36.1 Å². The molecule has 0 saturated carbocycles. The first-order valence-electron chi connectivity index (χ1n) is 10.7. The van der Waals surface area contributed by atoms with Crippen LogP contribution in [0, 0.1) is 5.82 Å². The van der Waals surface area contributed by atoms with Crippen LogP contribution >= 0.6 is 0 Å². The molecule has 0 aliphatic heterocycles. The Morgan fingerprint density at radius 2 is 1.79 bits per heavy atom. The van der Waals surface area contributed by atoms with Crippen molar-refractivity contribution < 1.29 is 9.18 Å². The minimum atomic E-state index is -0.303. The van der Waals surface area contributed by atoms with Crippen LogP contribution in [0.5, 0.6) is 0 Å². The quantitative estimate of drug-likeness (QED) is 0.380. The van der Waals surface area contributed by atoms with Gasteiger partial charge in [-0.25, -0.2) is 9.07 Å². The second-order valence-corrected chi connectivity index (χ2v) is 7.83. The van der Waals surface area contributed by atoms with E-state index in [2.05, 4.69) is 20.7 Å². The van der Waals surface area contributed by atoms with Crippen molar-refractivity contribution in [2.45, 2.75) is 6.54 Å². The van der Waals surface area contributed by atoms with Gasteiger partial charge < -0.3 is 5.32 Å². The summed E-state index contributed by atoms with van der Waals surface area (Å²) in [5.41, 5.74) is 5.94. The number of anilines is 1. The number of rotatable bonds is 6. The molecule has 0 spiro atoms. The first kappa shape index (κ1) is 21.3.